The van der Waals surface area contributed by atoms with Gasteiger partial charge in [0.15, 0.2) is 17.4 Å². The maximum atomic E-state index is 12.4. The van der Waals surface area contributed by atoms with Gasteiger partial charge in [0, 0.05) is 52.3 Å². The minimum absolute atomic E-state index is 0. The summed E-state index contributed by atoms with van der Waals surface area (Å²) in [5.41, 5.74) is 1.89. The Hall–Kier alpha value is -1.78. The molecule has 0 aromatic heterocycles. The lowest BCUT2D eigenvalue weighted by molar-refractivity contribution is -0.140. The van der Waals surface area contributed by atoms with Crippen LogP contribution >= 0.6 is 0 Å². The normalized spacial score (nSPS) is 20.8. The minimum Gasteiger partial charge on any atom is -0.466 e. The number of rotatable bonds is 4. The van der Waals surface area contributed by atoms with Gasteiger partial charge in [0.2, 0.25) is 11.6 Å². The highest BCUT2D eigenvalue weighted by molar-refractivity contribution is 6.22. The molecule has 4 aliphatic rings. The van der Waals surface area contributed by atoms with E-state index in [1.165, 1.54) is 13.0 Å². The minimum atomic E-state index is -0.211. The largest absolute Gasteiger partial charge is 0.466 e. The van der Waals surface area contributed by atoms with Crippen LogP contribution in [0.2, 0.25) is 0 Å². The number of ether oxygens (including phenoxy) is 1. The molecule has 3 saturated heterocycles. The van der Waals surface area contributed by atoms with Gasteiger partial charge in [-0.05, 0) is 6.92 Å². The molecule has 3 aliphatic heterocycles. The second-order valence-corrected chi connectivity index (χ2v) is 5.81. The lowest BCUT2D eigenvalue weighted by atomic mass is 10.0. The van der Waals surface area contributed by atoms with Crippen molar-refractivity contribution in [3.05, 3.63) is 23.2 Å². The Morgan fingerprint density at radius 3 is 1.88 bits per heavy atom. The zero-order valence-corrected chi connectivity index (χ0v) is 13.5. The molecule has 0 aromatic rings. The van der Waals surface area contributed by atoms with E-state index in [1.807, 2.05) is 14.7 Å². The highest BCUT2D eigenvalue weighted by Gasteiger charge is 2.43. The van der Waals surface area contributed by atoms with Gasteiger partial charge in [0.05, 0.1) is 12.3 Å². The third-order valence-electron chi connectivity index (χ3n) is 3.84. The van der Waals surface area contributed by atoms with Gasteiger partial charge in [-0.15, -0.1) is 0 Å². The molecule has 24 heavy (non-hydrogen) atoms. The van der Waals surface area contributed by atoms with Crippen molar-refractivity contribution < 1.29 is 19.1 Å². The molecule has 0 amide bonds. The van der Waals surface area contributed by atoms with Gasteiger partial charge in [0.1, 0.15) is 11.4 Å². The molecule has 0 N–H and O–H groups in total. The Balaban J connectivity index is 0.000000261. The van der Waals surface area contributed by atoms with Gasteiger partial charge >= 0.3 is 5.97 Å². The first-order valence-electron chi connectivity index (χ1n) is 7.96. The summed E-state index contributed by atoms with van der Waals surface area (Å²) in [6.45, 7) is 9.06. The van der Waals surface area contributed by atoms with Gasteiger partial charge in [-0.25, -0.2) is 0 Å². The first-order valence-corrected chi connectivity index (χ1v) is 7.96. The predicted molar refractivity (Wildman–Crippen MR) is 92.1 cm³/mol. The van der Waals surface area contributed by atoms with E-state index in [4.69, 9.17) is 0 Å². The standard InChI is InChI=1S/C12H13N3O2.C4H8O2.Al.3H/c16-9-7-8(13-1-2-13)12(17)11(15-5-6-15)10(9)14-3-4-14;1-3-6-4(2)5;;;;/h7H,1-6H2;3H2,1-2H3;;;;. The summed E-state index contributed by atoms with van der Waals surface area (Å²) in [7, 11) is 0. The van der Waals surface area contributed by atoms with Crippen molar-refractivity contribution >= 4 is 34.9 Å². The SMILES string of the molecule is CCOC(C)=O.O=C1C=C(N2CC2)C(=O)C(N2CC2)=C1N1CC1.[AlH3]. The molecular formula is C16H24AlN3O4. The molecule has 3 fully saturated rings. The number of hydrogen-bond donors (Lipinski definition) is 0. The summed E-state index contributed by atoms with van der Waals surface area (Å²) in [6, 6.07) is 0. The summed E-state index contributed by atoms with van der Waals surface area (Å²) >= 11 is 0. The second kappa shape index (κ2) is 7.41. The van der Waals surface area contributed by atoms with Crippen molar-refractivity contribution in [3.63, 3.8) is 0 Å². The predicted octanol–water partition coefficient (Wildman–Crippen LogP) is -1.43. The van der Waals surface area contributed by atoms with Crippen LogP contribution < -0.4 is 0 Å². The molecule has 0 aromatic carbocycles. The van der Waals surface area contributed by atoms with Crippen LogP contribution in [0.3, 0.4) is 0 Å². The average Bonchev–Trinajstić information content (AvgIpc) is 3.37. The second-order valence-electron chi connectivity index (χ2n) is 5.81. The van der Waals surface area contributed by atoms with Gasteiger partial charge in [-0.3, -0.25) is 14.4 Å². The van der Waals surface area contributed by atoms with Gasteiger partial charge in [0.25, 0.3) is 0 Å². The summed E-state index contributed by atoms with van der Waals surface area (Å²) in [5, 5.41) is 0. The maximum absolute atomic E-state index is 12.4. The molecule has 0 unspecified atom stereocenters. The number of carbonyl (C=O) groups is 3. The number of esters is 1. The lowest BCUT2D eigenvalue weighted by Crippen LogP contribution is -2.29. The summed E-state index contributed by atoms with van der Waals surface area (Å²) in [6.07, 6.45) is 1.52. The summed E-state index contributed by atoms with van der Waals surface area (Å²) in [5.74, 6) is -0.162. The van der Waals surface area contributed by atoms with Crippen LogP contribution in [0.1, 0.15) is 13.8 Å². The number of hydrogen-bond acceptors (Lipinski definition) is 7. The molecule has 0 bridgehead atoms. The average molecular weight is 349 g/mol. The van der Waals surface area contributed by atoms with E-state index in [1.54, 1.807) is 6.92 Å². The molecule has 0 radical (unpaired) electrons. The molecule has 130 valence electrons. The van der Waals surface area contributed by atoms with Crippen LogP contribution in [0.25, 0.3) is 0 Å². The Morgan fingerprint density at radius 2 is 1.50 bits per heavy atom. The molecule has 4 rings (SSSR count). The van der Waals surface area contributed by atoms with Crippen molar-refractivity contribution in [2.45, 2.75) is 13.8 Å². The fourth-order valence-corrected chi connectivity index (χ4v) is 2.48. The lowest BCUT2D eigenvalue weighted by Gasteiger charge is -2.21. The summed E-state index contributed by atoms with van der Waals surface area (Å²) in [4.78, 5) is 40.3. The van der Waals surface area contributed by atoms with E-state index in [0.29, 0.717) is 23.7 Å². The van der Waals surface area contributed by atoms with Crippen molar-refractivity contribution in [2.75, 3.05) is 45.9 Å². The van der Waals surface area contributed by atoms with Crippen LogP contribution in [-0.4, -0.2) is 95.5 Å². The molecule has 0 saturated carbocycles. The Labute approximate surface area is 152 Å². The molecule has 1 aliphatic carbocycles. The number of Topliss-reactive ketones (excluding diaryl/α,β-unsaturated/α-hetero) is 1. The number of allylic oxidation sites excluding steroid dienone is 1. The van der Waals surface area contributed by atoms with E-state index in [2.05, 4.69) is 4.74 Å². The number of carbonyl (C=O) groups excluding carboxylic acids is 3. The van der Waals surface area contributed by atoms with E-state index in [0.717, 1.165) is 39.3 Å². The van der Waals surface area contributed by atoms with Crippen LogP contribution in [0, 0.1) is 0 Å². The molecule has 3 heterocycles. The highest BCUT2D eigenvalue weighted by Crippen LogP contribution is 2.33. The smallest absolute Gasteiger partial charge is 0.302 e. The van der Waals surface area contributed by atoms with Crippen molar-refractivity contribution in [1.82, 2.24) is 14.7 Å². The van der Waals surface area contributed by atoms with Crippen molar-refractivity contribution in [2.24, 2.45) is 0 Å². The van der Waals surface area contributed by atoms with Crippen LogP contribution in [0.5, 0.6) is 0 Å². The van der Waals surface area contributed by atoms with Crippen molar-refractivity contribution in [3.8, 4) is 0 Å². The van der Waals surface area contributed by atoms with Crippen LogP contribution in [0.15, 0.2) is 23.2 Å². The first kappa shape index (κ1) is 18.6. The monoisotopic (exact) mass is 349 g/mol. The molecule has 0 atom stereocenters. The quantitative estimate of drug-likeness (QED) is 0.267. The Morgan fingerprint density at radius 1 is 1.00 bits per heavy atom. The van der Waals surface area contributed by atoms with Crippen LogP contribution in [-0.2, 0) is 19.1 Å². The number of ketones is 2. The molecule has 7 nitrogen and oxygen atoms in total. The van der Waals surface area contributed by atoms with Gasteiger partial charge in [-0.2, -0.15) is 0 Å². The van der Waals surface area contributed by atoms with E-state index >= 15 is 0 Å². The van der Waals surface area contributed by atoms with Gasteiger partial charge < -0.3 is 19.4 Å². The number of nitrogens with zero attached hydrogens (tertiary/aromatic N) is 3. The van der Waals surface area contributed by atoms with E-state index in [9.17, 15) is 14.4 Å². The van der Waals surface area contributed by atoms with Crippen molar-refractivity contribution in [1.29, 1.82) is 0 Å². The maximum Gasteiger partial charge on any atom is 0.302 e. The highest BCUT2D eigenvalue weighted by atomic mass is 27.0. The first-order chi connectivity index (χ1) is 11.0. The van der Waals surface area contributed by atoms with E-state index in [-0.39, 0.29) is 34.9 Å². The fraction of sp³-hybridized carbons (Fsp3) is 0.562. The fourth-order valence-electron chi connectivity index (χ4n) is 2.48. The third kappa shape index (κ3) is 4.19. The van der Waals surface area contributed by atoms with Crippen LogP contribution in [0.4, 0.5) is 0 Å². The molecule has 0 spiro atoms. The Bertz CT molecular complexity index is 617. The Kier molecular flexibility index (Phi) is 5.73. The third-order valence-corrected chi connectivity index (χ3v) is 3.84. The topological polar surface area (TPSA) is 69.5 Å². The zero-order valence-electron chi connectivity index (χ0n) is 13.5. The van der Waals surface area contributed by atoms with E-state index < -0.39 is 0 Å². The summed E-state index contributed by atoms with van der Waals surface area (Å²) < 4.78 is 4.40. The molecular weight excluding hydrogens is 325 g/mol. The zero-order chi connectivity index (χ0) is 16.6. The van der Waals surface area contributed by atoms with Gasteiger partial charge in [-0.1, -0.05) is 0 Å². The molecule has 8 heteroatoms.